The summed E-state index contributed by atoms with van der Waals surface area (Å²) in [4.78, 5) is 10.7. The van der Waals surface area contributed by atoms with Crippen molar-refractivity contribution in [2.45, 2.75) is 18.0 Å². The van der Waals surface area contributed by atoms with Gasteiger partial charge in [0.1, 0.15) is 0 Å². The molecule has 1 rings (SSSR count). The molecule has 1 aromatic carbocycles. The van der Waals surface area contributed by atoms with E-state index in [9.17, 15) is 26.4 Å². The Kier molecular flexibility index (Phi) is 3.61. The van der Waals surface area contributed by atoms with Gasteiger partial charge in [-0.05, 0) is 24.3 Å². The highest BCUT2D eigenvalue weighted by Crippen LogP contribution is 2.22. The van der Waals surface area contributed by atoms with Crippen LogP contribution in [0.15, 0.2) is 29.2 Å². The molecule has 3 nitrogen and oxygen atoms in total. The van der Waals surface area contributed by atoms with E-state index < -0.39 is 27.4 Å². The number of carbonyl (C=O) groups is 1. The number of alkyl halides is 3. The summed E-state index contributed by atoms with van der Waals surface area (Å²) in [6, 6.07) is 3.71. The summed E-state index contributed by atoms with van der Waals surface area (Å²) in [6.07, 6.45) is -4.95. The van der Waals surface area contributed by atoms with Crippen molar-refractivity contribution in [3.05, 3.63) is 29.8 Å². The van der Waals surface area contributed by atoms with Crippen molar-refractivity contribution in [3.63, 3.8) is 0 Å². The quantitative estimate of drug-likeness (QED) is 0.788. The highest BCUT2D eigenvalue weighted by molar-refractivity contribution is 7.91. The lowest BCUT2D eigenvalue weighted by Crippen LogP contribution is -2.22. The van der Waals surface area contributed by atoms with Crippen LogP contribution < -0.4 is 0 Å². The Hall–Kier alpha value is -1.37. The summed E-state index contributed by atoms with van der Waals surface area (Å²) >= 11 is 0. The van der Waals surface area contributed by atoms with Crippen molar-refractivity contribution in [2.75, 3.05) is 5.75 Å². The molecule has 0 heterocycles. The molecule has 0 N–H and O–H groups in total. The van der Waals surface area contributed by atoms with Crippen LogP contribution in [0.5, 0.6) is 0 Å². The van der Waals surface area contributed by atoms with Gasteiger partial charge in [0.15, 0.2) is 9.84 Å². The van der Waals surface area contributed by atoms with E-state index in [1.54, 1.807) is 0 Å². The maximum atomic E-state index is 12.1. The van der Waals surface area contributed by atoms with Crippen molar-refractivity contribution in [3.8, 4) is 0 Å². The molecule has 0 bridgehead atoms. The smallest absolute Gasteiger partial charge is 0.284 e. The van der Waals surface area contributed by atoms with Gasteiger partial charge in [0.2, 0.25) is 0 Å². The fourth-order valence-corrected chi connectivity index (χ4v) is 2.03. The van der Waals surface area contributed by atoms with Gasteiger partial charge >= 0.3 is 6.18 Å². The van der Waals surface area contributed by atoms with Crippen LogP contribution in [0, 0.1) is 0 Å². The van der Waals surface area contributed by atoms with Crippen molar-refractivity contribution < 1.29 is 26.4 Å². The van der Waals surface area contributed by atoms with Crippen molar-refractivity contribution >= 4 is 15.6 Å². The second-order valence-corrected chi connectivity index (χ2v) is 5.53. The minimum Gasteiger partial charge on any atom is -0.284 e. The highest BCUT2D eigenvalue weighted by Gasteiger charge is 2.39. The van der Waals surface area contributed by atoms with Crippen molar-refractivity contribution in [2.24, 2.45) is 0 Å². The molecule has 0 spiro atoms. The molecule has 7 heteroatoms. The Balaban J connectivity index is 3.10. The van der Waals surface area contributed by atoms with E-state index in [-0.39, 0.29) is 10.6 Å². The van der Waals surface area contributed by atoms with Gasteiger partial charge in [-0.2, -0.15) is 13.2 Å². The van der Waals surface area contributed by atoms with E-state index in [4.69, 9.17) is 0 Å². The van der Waals surface area contributed by atoms with Crippen LogP contribution in [0.1, 0.15) is 17.3 Å². The molecule has 0 saturated carbocycles. The lowest BCUT2D eigenvalue weighted by atomic mass is 10.1. The average Bonchev–Trinajstić information content (AvgIpc) is 2.27. The number of benzene rings is 1. The van der Waals surface area contributed by atoms with Gasteiger partial charge in [-0.25, -0.2) is 8.42 Å². The summed E-state index contributed by atoms with van der Waals surface area (Å²) in [5, 5.41) is 0. The Morgan fingerprint density at radius 1 is 1.18 bits per heavy atom. The second-order valence-electron chi connectivity index (χ2n) is 3.25. The number of hydrogen-bond donors (Lipinski definition) is 0. The fraction of sp³-hybridized carbons (Fsp3) is 0.300. The summed E-state index contributed by atoms with van der Waals surface area (Å²) in [5.74, 6) is -2.14. The number of carbonyl (C=O) groups excluding carboxylic acids is 1. The first-order valence-electron chi connectivity index (χ1n) is 4.63. The molecule has 0 saturated heterocycles. The lowest BCUT2D eigenvalue weighted by molar-refractivity contribution is -0.0885. The summed E-state index contributed by atoms with van der Waals surface area (Å²) in [5.41, 5.74) is -0.576. The molecule has 0 aromatic heterocycles. The van der Waals surface area contributed by atoms with Crippen LogP contribution in [-0.4, -0.2) is 26.1 Å². The summed E-state index contributed by atoms with van der Waals surface area (Å²) in [7, 11) is -3.47. The number of ketones is 1. The van der Waals surface area contributed by atoms with Gasteiger partial charge in [0, 0.05) is 5.56 Å². The van der Waals surface area contributed by atoms with Gasteiger partial charge in [-0.15, -0.1) is 0 Å². The van der Waals surface area contributed by atoms with E-state index in [1.807, 2.05) is 0 Å². The fourth-order valence-electron chi connectivity index (χ4n) is 1.14. The first-order valence-corrected chi connectivity index (χ1v) is 6.28. The van der Waals surface area contributed by atoms with E-state index in [1.165, 1.54) is 6.92 Å². The van der Waals surface area contributed by atoms with Crippen molar-refractivity contribution in [1.82, 2.24) is 0 Å². The van der Waals surface area contributed by atoms with Crippen molar-refractivity contribution in [1.29, 1.82) is 0 Å². The third-order valence-corrected chi connectivity index (χ3v) is 3.86. The summed E-state index contributed by atoms with van der Waals surface area (Å²) < 4.78 is 58.9. The minimum atomic E-state index is -4.95. The predicted molar refractivity (Wildman–Crippen MR) is 54.6 cm³/mol. The number of hydrogen-bond acceptors (Lipinski definition) is 3. The molecule has 0 atom stereocenters. The number of sulfone groups is 1. The third-order valence-electron chi connectivity index (χ3n) is 2.11. The Labute approximate surface area is 96.2 Å². The third kappa shape index (κ3) is 3.06. The van der Waals surface area contributed by atoms with Gasteiger partial charge < -0.3 is 0 Å². The van der Waals surface area contributed by atoms with Gasteiger partial charge in [-0.1, -0.05) is 6.92 Å². The SMILES string of the molecule is CCS(=O)(=O)c1ccc(C(=O)C(F)(F)F)cc1. The Morgan fingerprint density at radius 3 is 2.00 bits per heavy atom. The highest BCUT2D eigenvalue weighted by atomic mass is 32.2. The zero-order valence-electron chi connectivity index (χ0n) is 8.78. The average molecular weight is 266 g/mol. The molecular formula is C10H9F3O3S. The van der Waals surface area contributed by atoms with E-state index in [2.05, 4.69) is 0 Å². The number of halogens is 3. The van der Waals surface area contributed by atoms with Crippen LogP contribution in [-0.2, 0) is 9.84 Å². The van der Waals surface area contributed by atoms with E-state index >= 15 is 0 Å². The normalized spacial score (nSPS) is 12.5. The maximum Gasteiger partial charge on any atom is 0.454 e. The molecule has 0 aliphatic rings. The number of rotatable bonds is 3. The van der Waals surface area contributed by atoms with Crippen LogP contribution in [0.4, 0.5) is 13.2 Å². The zero-order valence-corrected chi connectivity index (χ0v) is 9.60. The Morgan fingerprint density at radius 2 is 1.65 bits per heavy atom. The van der Waals surface area contributed by atoms with Gasteiger partial charge in [-0.3, -0.25) is 4.79 Å². The van der Waals surface area contributed by atoms with Gasteiger partial charge in [0.05, 0.1) is 10.6 Å². The molecule has 17 heavy (non-hydrogen) atoms. The molecule has 1 aromatic rings. The largest absolute Gasteiger partial charge is 0.454 e. The van der Waals surface area contributed by atoms with Crippen LogP contribution in [0.25, 0.3) is 0 Å². The van der Waals surface area contributed by atoms with E-state index in [0.717, 1.165) is 24.3 Å². The molecule has 94 valence electrons. The molecule has 0 unspecified atom stereocenters. The lowest BCUT2D eigenvalue weighted by Gasteiger charge is -2.06. The second kappa shape index (κ2) is 4.48. The zero-order chi connectivity index (χ0) is 13.3. The van der Waals surface area contributed by atoms with Gasteiger partial charge in [0.25, 0.3) is 5.78 Å². The number of Topliss-reactive ketones (excluding diaryl/α,β-unsaturated/α-hetero) is 1. The first-order chi connectivity index (χ1) is 7.68. The van der Waals surface area contributed by atoms with E-state index in [0.29, 0.717) is 0 Å². The van der Waals surface area contributed by atoms with Crippen LogP contribution in [0.3, 0.4) is 0 Å². The topological polar surface area (TPSA) is 51.2 Å². The molecule has 0 amide bonds. The minimum absolute atomic E-state index is 0.0984. The molecule has 0 fully saturated rings. The van der Waals surface area contributed by atoms with Crippen LogP contribution >= 0.6 is 0 Å². The van der Waals surface area contributed by atoms with Crippen LogP contribution in [0.2, 0.25) is 0 Å². The molecular weight excluding hydrogens is 257 g/mol. The predicted octanol–water partition coefficient (Wildman–Crippen LogP) is 2.23. The molecule has 0 radical (unpaired) electrons. The molecule has 0 aliphatic carbocycles. The maximum absolute atomic E-state index is 12.1. The standard InChI is InChI=1S/C10H9F3O3S/c1-2-17(15,16)8-5-3-7(4-6-8)9(14)10(11,12)13/h3-6H,2H2,1H3. The molecule has 0 aliphatic heterocycles. The monoisotopic (exact) mass is 266 g/mol. The first kappa shape index (κ1) is 13.7. The summed E-state index contributed by atoms with van der Waals surface area (Å²) in [6.45, 7) is 1.42. The Bertz CT molecular complexity index is 515.